The van der Waals surface area contributed by atoms with Crippen molar-refractivity contribution in [3.8, 4) is 0 Å². The van der Waals surface area contributed by atoms with Crippen molar-refractivity contribution < 1.29 is 23.9 Å². The number of anilines is 1. The van der Waals surface area contributed by atoms with E-state index in [0.29, 0.717) is 5.56 Å². The van der Waals surface area contributed by atoms with E-state index in [1.54, 1.807) is 12.1 Å². The van der Waals surface area contributed by atoms with E-state index in [1.807, 2.05) is 18.2 Å². The van der Waals surface area contributed by atoms with Gasteiger partial charge in [0.1, 0.15) is 5.82 Å². The molecule has 2 atom stereocenters. The van der Waals surface area contributed by atoms with E-state index in [1.165, 1.54) is 18.2 Å². The predicted molar refractivity (Wildman–Crippen MR) is 96.6 cm³/mol. The smallest absolute Gasteiger partial charge is 0.303 e. The third-order valence-corrected chi connectivity index (χ3v) is 4.54. The molecule has 0 aromatic heterocycles. The molecule has 7 heteroatoms. The molecule has 0 radical (unpaired) electrons. The molecule has 27 heavy (non-hydrogen) atoms. The number of hydrogen-bond acceptors (Lipinski definition) is 3. The first kappa shape index (κ1) is 18.6. The summed E-state index contributed by atoms with van der Waals surface area (Å²) in [5, 5.41) is 14.4. The number of fused-ring (bicyclic) bond motifs is 1. The highest BCUT2D eigenvalue weighted by Gasteiger charge is 2.32. The van der Waals surface area contributed by atoms with Gasteiger partial charge in [-0.25, -0.2) is 4.39 Å². The summed E-state index contributed by atoms with van der Waals surface area (Å²) in [6.45, 7) is 0. The third kappa shape index (κ3) is 4.49. The van der Waals surface area contributed by atoms with Crippen molar-refractivity contribution >= 4 is 23.5 Å². The zero-order chi connectivity index (χ0) is 19.4. The van der Waals surface area contributed by atoms with Crippen LogP contribution in [0.15, 0.2) is 48.5 Å². The van der Waals surface area contributed by atoms with E-state index in [4.69, 9.17) is 5.11 Å². The number of hydrogen-bond donors (Lipinski definition) is 3. The molecule has 0 unspecified atom stereocenters. The van der Waals surface area contributed by atoms with Crippen LogP contribution in [0.4, 0.5) is 10.1 Å². The lowest BCUT2D eigenvalue weighted by Crippen LogP contribution is -2.37. The molecule has 6 nitrogen and oxygen atoms in total. The Bertz CT molecular complexity index is 870. The number of carbonyl (C=O) groups is 3. The largest absolute Gasteiger partial charge is 0.481 e. The summed E-state index contributed by atoms with van der Waals surface area (Å²) in [4.78, 5) is 35.8. The minimum absolute atomic E-state index is 0.0507. The topological polar surface area (TPSA) is 95.5 Å². The fourth-order valence-electron chi connectivity index (χ4n) is 3.22. The van der Waals surface area contributed by atoms with Gasteiger partial charge < -0.3 is 15.7 Å². The van der Waals surface area contributed by atoms with Gasteiger partial charge >= 0.3 is 5.97 Å². The van der Waals surface area contributed by atoms with Crippen molar-refractivity contribution in [1.29, 1.82) is 0 Å². The molecule has 0 aliphatic carbocycles. The molecule has 0 saturated heterocycles. The van der Waals surface area contributed by atoms with Crippen molar-refractivity contribution in [2.24, 2.45) is 0 Å². The van der Waals surface area contributed by atoms with Gasteiger partial charge in [-0.3, -0.25) is 14.4 Å². The Labute approximate surface area is 155 Å². The van der Waals surface area contributed by atoms with Gasteiger partial charge in [0.15, 0.2) is 0 Å². The number of carboxylic acids is 1. The zero-order valence-corrected chi connectivity index (χ0v) is 14.4. The Morgan fingerprint density at radius 2 is 1.96 bits per heavy atom. The highest BCUT2D eigenvalue weighted by Crippen LogP contribution is 2.33. The van der Waals surface area contributed by atoms with Gasteiger partial charge in [0, 0.05) is 18.5 Å². The maximum atomic E-state index is 13.4. The van der Waals surface area contributed by atoms with Crippen LogP contribution in [0.2, 0.25) is 0 Å². The number of benzene rings is 2. The molecule has 1 aliphatic heterocycles. The van der Waals surface area contributed by atoms with E-state index >= 15 is 0 Å². The zero-order valence-electron chi connectivity index (χ0n) is 14.4. The van der Waals surface area contributed by atoms with Crippen LogP contribution in [0, 0.1) is 5.82 Å². The maximum Gasteiger partial charge on any atom is 0.303 e. The number of amides is 2. The lowest BCUT2D eigenvalue weighted by atomic mass is 9.89. The first-order valence-corrected chi connectivity index (χ1v) is 8.60. The normalized spacial score (nSPS) is 16.8. The molecule has 2 aromatic rings. The average molecular weight is 370 g/mol. The molecule has 140 valence electrons. The van der Waals surface area contributed by atoms with Gasteiger partial charge in [-0.05, 0) is 29.7 Å². The van der Waals surface area contributed by atoms with Crippen molar-refractivity contribution in [2.75, 3.05) is 5.32 Å². The molecule has 0 bridgehead atoms. The molecule has 0 fully saturated rings. The van der Waals surface area contributed by atoms with Crippen molar-refractivity contribution in [3.63, 3.8) is 0 Å². The molecule has 2 aromatic carbocycles. The number of nitrogens with one attached hydrogen (secondary N) is 2. The second-order valence-electron chi connectivity index (χ2n) is 6.44. The molecular weight excluding hydrogens is 351 g/mol. The summed E-state index contributed by atoms with van der Waals surface area (Å²) in [7, 11) is 0. The van der Waals surface area contributed by atoms with Gasteiger partial charge in [0.05, 0.1) is 12.0 Å². The van der Waals surface area contributed by atoms with Gasteiger partial charge in [0.2, 0.25) is 11.8 Å². The van der Waals surface area contributed by atoms with Crippen LogP contribution in [0.25, 0.3) is 0 Å². The lowest BCUT2D eigenvalue weighted by molar-refractivity contribution is -0.137. The molecule has 3 rings (SSSR count). The Balaban J connectivity index is 1.83. The Hall–Kier alpha value is -3.22. The lowest BCUT2D eigenvalue weighted by Gasteiger charge is -2.27. The average Bonchev–Trinajstić information content (AvgIpc) is 2.64. The fourth-order valence-corrected chi connectivity index (χ4v) is 3.22. The van der Waals surface area contributed by atoms with Crippen LogP contribution in [-0.2, 0) is 14.4 Å². The van der Waals surface area contributed by atoms with E-state index in [9.17, 15) is 18.8 Å². The first-order valence-electron chi connectivity index (χ1n) is 8.60. The quantitative estimate of drug-likeness (QED) is 0.728. The molecule has 0 spiro atoms. The summed E-state index contributed by atoms with van der Waals surface area (Å²) < 4.78 is 13.4. The minimum atomic E-state index is -0.956. The summed E-state index contributed by atoms with van der Waals surface area (Å²) in [5.74, 6) is -2.97. The van der Waals surface area contributed by atoms with Crippen LogP contribution >= 0.6 is 0 Å². The monoisotopic (exact) mass is 370 g/mol. The van der Waals surface area contributed by atoms with E-state index < -0.39 is 29.7 Å². The molecule has 2 amide bonds. The Kier molecular flexibility index (Phi) is 5.49. The van der Waals surface area contributed by atoms with Crippen LogP contribution < -0.4 is 10.6 Å². The van der Waals surface area contributed by atoms with E-state index in [0.717, 1.165) is 5.56 Å². The highest BCUT2D eigenvalue weighted by molar-refractivity contribution is 6.01. The summed E-state index contributed by atoms with van der Waals surface area (Å²) >= 11 is 0. The summed E-state index contributed by atoms with van der Waals surface area (Å²) in [5.41, 5.74) is 1.61. The van der Waals surface area contributed by atoms with Crippen LogP contribution in [-0.4, -0.2) is 22.9 Å². The van der Waals surface area contributed by atoms with Crippen molar-refractivity contribution in [1.82, 2.24) is 5.32 Å². The minimum Gasteiger partial charge on any atom is -0.481 e. The first-order chi connectivity index (χ1) is 12.9. The van der Waals surface area contributed by atoms with Crippen LogP contribution in [0.5, 0.6) is 0 Å². The van der Waals surface area contributed by atoms with Crippen LogP contribution in [0.1, 0.15) is 42.3 Å². The second kappa shape index (κ2) is 7.99. The predicted octanol–water partition coefficient (Wildman–Crippen LogP) is 2.97. The Morgan fingerprint density at radius 1 is 1.22 bits per heavy atom. The molecule has 1 aliphatic rings. The Morgan fingerprint density at radius 3 is 2.67 bits per heavy atom. The molecular formula is C20H19FN2O4. The van der Waals surface area contributed by atoms with E-state index in [-0.39, 0.29) is 30.9 Å². The summed E-state index contributed by atoms with van der Waals surface area (Å²) in [6.07, 6.45) is 0.0674. The van der Waals surface area contributed by atoms with Gasteiger partial charge in [-0.15, -0.1) is 0 Å². The third-order valence-electron chi connectivity index (χ3n) is 4.54. The van der Waals surface area contributed by atoms with Crippen LogP contribution in [0.3, 0.4) is 0 Å². The number of aliphatic carboxylic acids is 1. The van der Waals surface area contributed by atoms with Crippen molar-refractivity contribution in [3.05, 3.63) is 65.5 Å². The second-order valence-corrected chi connectivity index (χ2v) is 6.44. The maximum absolute atomic E-state index is 13.4. The molecule has 1 heterocycles. The van der Waals surface area contributed by atoms with Gasteiger partial charge in [-0.2, -0.15) is 0 Å². The van der Waals surface area contributed by atoms with E-state index in [2.05, 4.69) is 10.6 Å². The summed E-state index contributed by atoms with van der Waals surface area (Å²) in [6, 6.07) is 12.5. The van der Waals surface area contributed by atoms with Crippen molar-refractivity contribution in [2.45, 2.75) is 31.2 Å². The highest BCUT2D eigenvalue weighted by atomic mass is 19.1. The number of halogens is 1. The van der Waals surface area contributed by atoms with Gasteiger partial charge in [-0.1, -0.05) is 36.4 Å². The molecule has 0 saturated carbocycles. The number of carbonyl (C=O) groups excluding carboxylic acids is 2. The fraction of sp³-hybridized carbons (Fsp3) is 0.250. The standard InChI is InChI=1S/C20H19FN2O4/c21-13-6-7-14-15(11-18(24)22-17(14)10-13)20(27)23-16(8-9-19(25)26)12-4-2-1-3-5-12/h1-7,10,15-16H,8-9,11H2,(H,22,24)(H,23,27)(H,25,26)/t15-,16-/m1/s1. The number of rotatable bonds is 6. The molecule has 3 N–H and O–H groups in total. The SMILES string of the molecule is O=C(O)CC[C@@H](NC(=O)[C@@H]1CC(=O)Nc2cc(F)ccc21)c1ccccc1. The number of carboxylic acid groups (broad SMARTS) is 1. The van der Waals surface area contributed by atoms with Gasteiger partial charge in [0.25, 0.3) is 0 Å².